The van der Waals surface area contributed by atoms with Gasteiger partial charge >= 0.3 is 0 Å². The highest BCUT2D eigenvalue weighted by Crippen LogP contribution is 2.71. The molecular formula is C29H25ClN2O4S. The maximum absolute atomic E-state index is 15.0. The molecule has 37 heavy (non-hydrogen) atoms. The number of para-hydroxylation sites is 1. The van der Waals surface area contributed by atoms with Crippen LogP contribution in [-0.2, 0) is 16.8 Å². The number of hydrogen-bond acceptors (Lipinski definition) is 6. The molecule has 0 bridgehead atoms. The van der Waals surface area contributed by atoms with Gasteiger partial charge in [0.1, 0.15) is 5.54 Å². The van der Waals surface area contributed by atoms with E-state index in [9.17, 15) is 9.59 Å². The van der Waals surface area contributed by atoms with Gasteiger partial charge in [0, 0.05) is 45.4 Å². The Morgan fingerprint density at radius 2 is 1.76 bits per heavy atom. The number of ketones is 1. The largest absolute Gasteiger partial charge is 0.493 e. The number of carbonyl (C=O) groups excluding carboxylic acids is 2. The summed E-state index contributed by atoms with van der Waals surface area (Å²) in [6.07, 6.45) is 0.400. The van der Waals surface area contributed by atoms with Crippen molar-refractivity contribution < 1.29 is 19.1 Å². The maximum atomic E-state index is 15.0. The predicted octanol–water partition coefficient (Wildman–Crippen LogP) is 5.10. The predicted molar refractivity (Wildman–Crippen MR) is 144 cm³/mol. The topological polar surface area (TPSA) is 67.9 Å². The minimum Gasteiger partial charge on any atom is -0.493 e. The van der Waals surface area contributed by atoms with Crippen molar-refractivity contribution in [3.8, 4) is 11.5 Å². The van der Waals surface area contributed by atoms with Gasteiger partial charge in [-0.1, -0.05) is 48.0 Å². The normalized spacial score (nSPS) is 29.5. The third kappa shape index (κ3) is 2.67. The summed E-state index contributed by atoms with van der Waals surface area (Å²) < 4.78 is 11.2. The second kappa shape index (κ2) is 8.00. The first-order chi connectivity index (χ1) is 18.0. The van der Waals surface area contributed by atoms with Crippen LogP contribution in [0.5, 0.6) is 11.5 Å². The molecule has 4 aliphatic rings. The van der Waals surface area contributed by atoms with Gasteiger partial charge in [-0.25, -0.2) is 0 Å². The van der Waals surface area contributed by atoms with E-state index >= 15 is 0 Å². The van der Waals surface area contributed by atoms with Crippen LogP contribution in [-0.4, -0.2) is 48.5 Å². The van der Waals surface area contributed by atoms with Crippen molar-refractivity contribution in [1.82, 2.24) is 4.90 Å². The summed E-state index contributed by atoms with van der Waals surface area (Å²) in [5, 5.41) is 3.77. The lowest BCUT2D eigenvalue weighted by atomic mass is 9.58. The van der Waals surface area contributed by atoms with Crippen LogP contribution in [0.2, 0.25) is 5.02 Å². The molecule has 7 rings (SSSR count). The van der Waals surface area contributed by atoms with E-state index < -0.39 is 11.0 Å². The van der Waals surface area contributed by atoms with Gasteiger partial charge in [0.2, 0.25) is 0 Å². The van der Waals surface area contributed by atoms with Crippen LogP contribution in [0.3, 0.4) is 0 Å². The van der Waals surface area contributed by atoms with Gasteiger partial charge in [-0.3, -0.25) is 14.5 Å². The molecule has 188 valence electrons. The third-order valence-corrected chi connectivity index (χ3v) is 10.2. The second-order valence-electron chi connectivity index (χ2n) is 10.1. The van der Waals surface area contributed by atoms with E-state index in [0.29, 0.717) is 34.4 Å². The lowest BCUT2D eigenvalue weighted by molar-refractivity contribution is -0.130. The number of methoxy groups -OCH3 is 2. The number of thioether (sulfide) groups is 1. The summed E-state index contributed by atoms with van der Waals surface area (Å²) in [5.41, 5.74) is 1.72. The molecule has 4 unspecified atom stereocenters. The Morgan fingerprint density at radius 3 is 2.54 bits per heavy atom. The molecule has 2 spiro atoms. The van der Waals surface area contributed by atoms with E-state index in [4.69, 9.17) is 21.1 Å². The van der Waals surface area contributed by atoms with Crippen molar-refractivity contribution in [1.29, 1.82) is 0 Å². The van der Waals surface area contributed by atoms with Crippen LogP contribution >= 0.6 is 23.4 Å². The van der Waals surface area contributed by atoms with Crippen LogP contribution in [0.4, 0.5) is 5.69 Å². The fourth-order valence-corrected chi connectivity index (χ4v) is 9.06. The summed E-state index contributed by atoms with van der Waals surface area (Å²) in [6, 6.07) is 19.2. The lowest BCUT2D eigenvalue weighted by Crippen LogP contribution is -2.58. The summed E-state index contributed by atoms with van der Waals surface area (Å²) in [7, 11) is 3.16. The lowest BCUT2D eigenvalue weighted by Gasteiger charge is -2.44. The van der Waals surface area contributed by atoms with E-state index in [1.807, 2.05) is 54.6 Å². The smallest absolute Gasteiger partial charge is 0.250 e. The molecule has 2 fully saturated rings. The number of carbonyl (C=O) groups is 2. The van der Waals surface area contributed by atoms with Crippen LogP contribution < -0.4 is 14.8 Å². The second-order valence-corrected chi connectivity index (χ2v) is 11.5. The summed E-state index contributed by atoms with van der Waals surface area (Å²) >= 11 is 8.66. The number of nitrogens with zero attached hydrogens (tertiary/aromatic N) is 1. The van der Waals surface area contributed by atoms with E-state index in [2.05, 4.69) is 10.2 Å². The van der Waals surface area contributed by atoms with Gasteiger partial charge in [0.15, 0.2) is 17.3 Å². The highest BCUT2D eigenvalue weighted by Gasteiger charge is 2.79. The first-order valence-electron chi connectivity index (χ1n) is 12.3. The minimum atomic E-state index is -1.17. The van der Waals surface area contributed by atoms with Gasteiger partial charge in [0.25, 0.3) is 5.91 Å². The molecule has 3 aliphatic heterocycles. The first kappa shape index (κ1) is 23.1. The molecule has 0 aromatic heterocycles. The Labute approximate surface area is 224 Å². The Hall–Kier alpha value is -3.00. The molecule has 4 atom stereocenters. The number of nitrogens with one attached hydrogen (secondary N) is 1. The Morgan fingerprint density at radius 1 is 1.03 bits per heavy atom. The van der Waals surface area contributed by atoms with Gasteiger partial charge in [-0.2, -0.15) is 0 Å². The number of fused-ring (bicyclic) bond motifs is 6. The zero-order chi connectivity index (χ0) is 25.5. The molecular weight excluding hydrogens is 508 g/mol. The zero-order valence-electron chi connectivity index (χ0n) is 20.4. The minimum absolute atomic E-state index is 0.0381. The quantitative estimate of drug-likeness (QED) is 0.506. The van der Waals surface area contributed by atoms with Crippen molar-refractivity contribution in [2.24, 2.45) is 5.41 Å². The molecule has 3 heterocycles. The molecule has 6 nitrogen and oxygen atoms in total. The highest BCUT2D eigenvalue weighted by molar-refractivity contribution is 7.99. The van der Waals surface area contributed by atoms with E-state index in [1.54, 1.807) is 32.0 Å². The van der Waals surface area contributed by atoms with Gasteiger partial charge in [-0.15, -0.1) is 11.8 Å². The average Bonchev–Trinajstić information content (AvgIpc) is 3.62. The average molecular weight is 533 g/mol. The van der Waals surface area contributed by atoms with Crippen molar-refractivity contribution in [3.05, 3.63) is 87.9 Å². The highest BCUT2D eigenvalue weighted by atomic mass is 35.5. The van der Waals surface area contributed by atoms with Crippen molar-refractivity contribution >= 4 is 40.7 Å². The summed E-state index contributed by atoms with van der Waals surface area (Å²) in [6.45, 7) is 0. The standard InChI is InChI=1S/C29H25ClN2O4S/c1-35-23-11-16-13-28(26(33)18(16)12-24(23)36-2)25(17-7-3-5-9-20(17)30)22-14-37-15-32(22)29(28)19-8-4-6-10-21(19)31-27(29)34/h3-12,22,25H,13-15H2,1-2H3,(H,31,34). The van der Waals surface area contributed by atoms with Gasteiger partial charge in [0.05, 0.1) is 19.6 Å². The monoisotopic (exact) mass is 532 g/mol. The SMILES string of the molecule is COc1cc2c(cc1OC)C(=O)C1(C2)C(c2ccccc2Cl)C2CSCN2C12C(=O)Nc1ccccc12. The number of benzene rings is 3. The zero-order valence-corrected chi connectivity index (χ0v) is 22.0. The molecule has 8 heteroatoms. The number of amides is 1. The summed E-state index contributed by atoms with van der Waals surface area (Å²) in [4.78, 5) is 31.6. The first-order valence-corrected chi connectivity index (χ1v) is 13.8. The molecule has 0 radical (unpaired) electrons. The van der Waals surface area contributed by atoms with Crippen LogP contribution in [0.15, 0.2) is 60.7 Å². The van der Waals surface area contributed by atoms with Crippen molar-refractivity contribution in [3.63, 3.8) is 0 Å². The Bertz CT molecular complexity index is 1490. The van der Waals surface area contributed by atoms with Crippen molar-refractivity contribution in [2.75, 3.05) is 31.2 Å². The van der Waals surface area contributed by atoms with Crippen LogP contribution in [0.25, 0.3) is 0 Å². The fraction of sp³-hybridized carbons (Fsp3) is 0.310. The van der Waals surface area contributed by atoms with E-state index in [0.717, 1.165) is 28.1 Å². The molecule has 1 N–H and O–H groups in total. The fourth-order valence-electron chi connectivity index (χ4n) is 7.50. The van der Waals surface area contributed by atoms with Gasteiger partial charge < -0.3 is 14.8 Å². The van der Waals surface area contributed by atoms with Gasteiger partial charge in [-0.05, 0) is 41.8 Å². The number of anilines is 1. The van der Waals surface area contributed by atoms with E-state index in [-0.39, 0.29) is 23.7 Å². The molecule has 2 saturated heterocycles. The Kier molecular flexibility index (Phi) is 5.00. The number of halogens is 1. The van der Waals surface area contributed by atoms with Crippen molar-refractivity contribution in [2.45, 2.75) is 23.9 Å². The molecule has 1 amide bonds. The molecule has 1 aliphatic carbocycles. The Balaban J connectivity index is 1.57. The maximum Gasteiger partial charge on any atom is 0.250 e. The number of rotatable bonds is 3. The third-order valence-electron chi connectivity index (χ3n) is 8.77. The number of hydrogen-bond donors (Lipinski definition) is 1. The van der Waals surface area contributed by atoms with E-state index in [1.165, 1.54) is 0 Å². The number of ether oxygens (including phenoxy) is 2. The van der Waals surface area contributed by atoms with Crippen LogP contribution in [0.1, 0.15) is 33.0 Å². The molecule has 3 aromatic carbocycles. The van der Waals surface area contributed by atoms with Crippen LogP contribution in [0, 0.1) is 5.41 Å². The number of Topliss-reactive ketones (excluding diaryl/α,β-unsaturated/α-hetero) is 1. The summed E-state index contributed by atoms with van der Waals surface area (Å²) in [5.74, 6) is 2.07. The molecule has 0 saturated carbocycles. The molecule has 3 aromatic rings.